The number of anilines is 3. The Hall–Kier alpha value is -3.39. The zero-order valence-electron chi connectivity index (χ0n) is 17.6. The van der Waals surface area contributed by atoms with Gasteiger partial charge in [0.15, 0.2) is 11.5 Å². The number of aromatic amines is 1. The molecule has 0 aliphatic carbocycles. The van der Waals surface area contributed by atoms with Gasteiger partial charge in [0.25, 0.3) is 0 Å². The molecule has 8 nitrogen and oxygen atoms in total. The summed E-state index contributed by atoms with van der Waals surface area (Å²) in [5.41, 5.74) is 4.78. The molecule has 0 bridgehead atoms. The molecule has 2 aliphatic heterocycles. The fraction of sp³-hybridized carbons (Fsp3) is 0.348. The SMILES string of the molecule is CCC(=O)c1cnc(-c2ccc[nH]2)cc1Nc1cncc(N2CC3(COC3)C2)c1OC. The molecule has 31 heavy (non-hydrogen) atoms. The highest BCUT2D eigenvalue weighted by atomic mass is 16.5. The fourth-order valence-electron chi connectivity index (χ4n) is 4.23. The van der Waals surface area contributed by atoms with Crippen LogP contribution in [0.3, 0.4) is 0 Å². The normalized spacial score (nSPS) is 16.5. The van der Waals surface area contributed by atoms with Crippen LogP contribution in [-0.2, 0) is 4.74 Å². The minimum atomic E-state index is 0.0192. The zero-order valence-corrected chi connectivity index (χ0v) is 17.6. The van der Waals surface area contributed by atoms with Gasteiger partial charge in [-0.15, -0.1) is 0 Å². The topological polar surface area (TPSA) is 92.4 Å². The number of hydrogen-bond donors (Lipinski definition) is 2. The minimum absolute atomic E-state index is 0.0192. The number of Topliss-reactive ketones (excluding diaryl/α,β-unsaturated/α-hetero) is 1. The summed E-state index contributed by atoms with van der Waals surface area (Å²) in [5.74, 6) is 0.726. The molecule has 2 aliphatic rings. The standard InChI is InChI=1S/C23H25N5O3/c1-3-21(29)15-8-26-18(16-5-4-6-25-16)7-17(15)27-19-9-24-10-20(22(19)30-2)28-11-23(12-28)13-31-14-23/h4-10,25H,3,11-14H2,1-2H3,(H,26,27). The van der Waals surface area contributed by atoms with E-state index in [-0.39, 0.29) is 11.2 Å². The minimum Gasteiger partial charge on any atom is -0.492 e. The smallest absolute Gasteiger partial charge is 0.168 e. The molecule has 0 radical (unpaired) electrons. The third-order valence-corrected chi connectivity index (χ3v) is 5.96. The predicted octanol–water partition coefficient (Wildman–Crippen LogP) is 3.65. The van der Waals surface area contributed by atoms with Gasteiger partial charge in [0.2, 0.25) is 0 Å². The average molecular weight is 419 g/mol. The molecule has 160 valence electrons. The third kappa shape index (κ3) is 3.42. The quantitative estimate of drug-likeness (QED) is 0.565. The second-order valence-electron chi connectivity index (χ2n) is 8.19. The van der Waals surface area contributed by atoms with Crippen molar-refractivity contribution < 1.29 is 14.3 Å². The van der Waals surface area contributed by atoms with Gasteiger partial charge in [-0.2, -0.15) is 0 Å². The number of carbonyl (C=O) groups is 1. The van der Waals surface area contributed by atoms with Crippen molar-refractivity contribution in [2.45, 2.75) is 13.3 Å². The van der Waals surface area contributed by atoms with Crippen LogP contribution in [-0.4, -0.2) is 54.1 Å². The second kappa shape index (κ2) is 7.70. The fourth-order valence-corrected chi connectivity index (χ4v) is 4.23. The number of hydrogen-bond acceptors (Lipinski definition) is 7. The lowest BCUT2D eigenvalue weighted by atomic mass is 9.78. The van der Waals surface area contributed by atoms with Crippen molar-refractivity contribution in [1.82, 2.24) is 15.0 Å². The molecule has 3 aromatic heterocycles. The van der Waals surface area contributed by atoms with Crippen LogP contribution < -0.4 is 15.0 Å². The van der Waals surface area contributed by atoms with Crippen LogP contribution in [0.4, 0.5) is 17.1 Å². The maximum Gasteiger partial charge on any atom is 0.168 e. The summed E-state index contributed by atoms with van der Waals surface area (Å²) in [6.07, 6.45) is 7.42. The lowest BCUT2D eigenvalue weighted by Crippen LogP contribution is -2.66. The van der Waals surface area contributed by atoms with Crippen LogP contribution in [0.2, 0.25) is 0 Å². The molecule has 3 aromatic rings. The van der Waals surface area contributed by atoms with E-state index in [0.29, 0.717) is 29.1 Å². The number of ketones is 1. The van der Waals surface area contributed by atoms with Crippen molar-refractivity contribution in [3.63, 3.8) is 0 Å². The Balaban J connectivity index is 1.49. The maximum absolute atomic E-state index is 12.6. The predicted molar refractivity (Wildman–Crippen MR) is 118 cm³/mol. The summed E-state index contributed by atoms with van der Waals surface area (Å²) in [7, 11) is 1.65. The monoisotopic (exact) mass is 419 g/mol. The molecule has 2 N–H and O–H groups in total. The maximum atomic E-state index is 12.6. The van der Waals surface area contributed by atoms with Crippen LogP contribution in [0.25, 0.3) is 11.4 Å². The van der Waals surface area contributed by atoms with Crippen LogP contribution in [0.15, 0.2) is 43.0 Å². The van der Waals surface area contributed by atoms with E-state index in [4.69, 9.17) is 9.47 Å². The van der Waals surface area contributed by atoms with Gasteiger partial charge in [-0.1, -0.05) is 6.92 Å². The number of nitrogens with zero attached hydrogens (tertiary/aromatic N) is 3. The molecule has 2 saturated heterocycles. The lowest BCUT2D eigenvalue weighted by molar-refractivity contribution is -0.127. The molecule has 5 rings (SSSR count). The zero-order chi connectivity index (χ0) is 21.4. The van der Waals surface area contributed by atoms with Crippen molar-refractivity contribution in [2.24, 2.45) is 5.41 Å². The highest BCUT2D eigenvalue weighted by molar-refractivity contribution is 6.02. The molecule has 2 fully saturated rings. The first-order chi connectivity index (χ1) is 15.1. The van der Waals surface area contributed by atoms with E-state index >= 15 is 0 Å². The van der Waals surface area contributed by atoms with Crippen LogP contribution in [0, 0.1) is 5.41 Å². The van der Waals surface area contributed by atoms with Gasteiger partial charge < -0.3 is 24.7 Å². The molecule has 0 amide bonds. The number of H-pyrrole nitrogens is 1. The molecule has 5 heterocycles. The van der Waals surface area contributed by atoms with Crippen molar-refractivity contribution in [3.05, 3.63) is 48.5 Å². The Morgan fingerprint density at radius 2 is 2.13 bits per heavy atom. The average Bonchev–Trinajstić information content (AvgIpc) is 3.26. The van der Waals surface area contributed by atoms with Crippen molar-refractivity contribution >= 4 is 22.8 Å². The van der Waals surface area contributed by atoms with Crippen molar-refractivity contribution in [1.29, 1.82) is 0 Å². The Bertz CT molecular complexity index is 1100. The highest BCUT2D eigenvalue weighted by Crippen LogP contribution is 2.45. The van der Waals surface area contributed by atoms with E-state index in [1.807, 2.05) is 37.5 Å². The van der Waals surface area contributed by atoms with E-state index in [9.17, 15) is 4.79 Å². The summed E-state index contributed by atoms with van der Waals surface area (Å²) in [6.45, 7) is 5.34. The Kier molecular flexibility index (Phi) is 4.86. The summed E-state index contributed by atoms with van der Waals surface area (Å²) < 4.78 is 11.2. The van der Waals surface area contributed by atoms with Gasteiger partial charge in [-0.25, -0.2) is 0 Å². The first-order valence-corrected chi connectivity index (χ1v) is 10.4. The highest BCUT2D eigenvalue weighted by Gasteiger charge is 2.49. The number of aromatic nitrogens is 3. The Morgan fingerprint density at radius 1 is 1.29 bits per heavy atom. The molecule has 0 unspecified atom stereocenters. The molecule has 1 spiro atoms. The van der Waals surface area contributed by atoms with E-state index in [1.165, 1.54) is 0 Å². The number of rotatable bonds is 7. The van der Waals surface area contributed by atoms with E-state index in [1.54, 1.807) is 19.5 Å². The van der Waals surface area contributed by atoms with Crippen LogP contribution in [0.5, 0.6) is 5.75 Å². The summed E-state index contributed by atoms with van der Waals surface area (Å²) in [5, 5.41) is 3.39. The molecule has 0 atom stereocenters. The van der Waals surface area contributed by atoms with Gasteiger partial charge in [0.1, 0.15) is 11.4 Å². The number of ether oxygens (including phenoxy) is 2. The Labute approximate surface area is 180 Å². The van der Waals surface area contributed by atoms with Gasteiger partial charge in [0.05, 0.1) is 60.8 Å². The van der Waals surface area contributed by atoms with Gasteiger partial charge in [0, 0.05) is 31.9 Å². The molecule has 0 saturated carbocycles. The van der Waals surface area contributed by atoms with E-state index < -0.39 is 0 Å². The second-order valence-corrected chi connectivity index (χ2v) is 8.19. The first kappa shape index (κ1) is 19.6. The lowest BCUT2D eigenvalue weighted by Gasteiger charge is -2.56. The Morgan fingerprint density at radius 3 is 2.77 bits per heavy atom. The molecule has 0 aromatic carbocycles. The number of nitrogens with one attached hydrogen (secondary N) is 2. The van der Waals surface area contributed by atoms with Crippen LogP contribution >= 0.6 is 0 Å². The third-order valence-electron chi connectivity index (χ3n) is 5.96. The number of carbonyl (C=O) groups excluding carboxylic acids is 1. The number of methoxy groups -OCH3 is 1. The van der Waals surface area contributed by atoms with Gasteiger partial charge in [-0.05, 0) is 18.2 Å². The summed E-state index contributed by atoms with van der Waals surface area (Å²) in [6, 6.07) is 5.74. The van der Waals surface area contributed by atoms with Crippen molar-refractivity contribution in [2.75, 3.05) is 43.6 Å². The van der Waals surface area contributed by atoms with Gasteiger partial charge >= 0.3 is 0 Å². The largest absolute Gasteiger partial charge is 0.492 e. The van der Waals surface area contributed by atoms with E-state index in [0.717, 1.165) is 43.4 Å². The first-order valence-electron chi connectivity index (χ1n) is 10.4. The van der Waals surface area contributed by atoms with E-state index in [2.05, 4.69) is 25.2 Å². The summed E-state index contributed by atoms with van der Waals surface area (Å²) >= 11 is 0. The summed E-state index contributed by atoms with van der Waals surface area (Å²) in [4.78, 5) is 26.9. The van der Waals surface area contributed by atoms with Crippen LogP contribution in [0.1, 0.15) is 23.7 Å². The van der Waals surface area contributed by atoms with Gasteiger partial charge in [-0.3, -0.25) is 14.8 Å². The number of pyridine rings is 2. The molecule has 8 heteroatoms. The molecular weight excluding hydrogens is 394 g/mol. The molecular formula is C23H25N5O3. The van der Waals surface area contributed by atoms with Crippen molar-refractivity contribution in [3.8, 4) is 17.1 Å².